The Kier molecular flexibility index (Phi) is 2.97. The van der Waals surface area contributed by atoms with E-state index in [-0.39, 0.29) is 5.91 Å². The zero-order valence-corrected chi connectivity index (χ0v) is 10.1. The van der Waals surface area contributed by atoms with Gasteiger partial charge in [-0.15, -0.1) is 0 Å². The number of carbonyl (C=O) groups excluding carboxylic acids is 1. The van der Waals surface area contributed by atoms with Crippen molar-refractivity contribution in [2.45, 2.75) is 6.10 Å². The first-order valence-electron chi connectivity index (χ1n) is 6.01. The molecule has 2 N–H and O–H groups in total. The molecule has 1 amide bonds. The van der Waals surface area contributed by atoms with Crippen molar-refractivity contribution in [3.63, 3.8) is 0 Å². The molecule has 1 aliphatic heterocycles. The third kappa shape index (κ3) is 2.20. The van der Waals surface area contributed by atoms with Crippen LogP contribution >= 0.6 is 0 Å². The Morgan fingerprint density at radius 3 is 2.95 bits per heavy atom. The smallest absolute Gasteiger partial charge is 0.255 e. The Balaban J connectivity index is 1.98. The van der Waals surface area contributed by atoms with Crippen molar-refractivity contribution in [2.75, 3.05) is 13.2 Å². The quantitative estimate of drug-likeness (QED) is 0.857. The van der Waals surface area contributed by atoms with Gasteiger partial charge in [0.15, 0.2) is 0 Å². The van der Waals surface area contributed by atoms with Crippen LogP contribution in [0.3, 0.4) is 0 Å². The molecule has 98 valence electrons. The van der Waals surface area contributed by atoms with Gasteiger partial charge in [-0.2, -0.15) is 0 Å². The highest BCUT2D eigenvalue weighted by Crippen LogP contribution is 2.28. The monoisotopic (exact) mass is 259 g/mol. The normalized spacial score (nSPS) is 15.9. The second-order valence-corrected chi connectivity index (χ2v) is 4.32. The minimum atomic E-state index is -0.819. The SMILES string of the molecule is O=C1NCCOc2ccc(C(O)c3ccoc3)cc21. The van der Waals surface area contributed by atoms with E-state index in [0.717, 1.165) is 0 Å². The second kappa shape index (κ2) is 4.78. The summed E-state index contributed by atoms with van der Waals surface area (Å²) in [7, 11) is 0. The van der Waals surface area contributed by atoms with E-state index in [0.29, 0.717) is 35.6 Å². The number of ether oxygens (including phenoxy) is 1. The molecule has 2 aromatic rings. The fourth-order valence-corrected chi connectivity index (χ4v) is 2.06. The van der Waals surface area contributed by atoms with Gasteiger partial charge in [0.2, 0.25) is 0 Å². The highest BCUT2D eigenvalue weighted by Gasteiger charge is 2.19. The summed E-state index contributed by atoms with van der Waals surface area (Å²) in [6.45, 7) is 0.926. The molecule has 5 nitrogen and oxygen atoms in total. The third-order valence-electron chi connectivity index (χ3n) is 3.07. The summed E-state index contributed by atoms with van der Waals surface area (Å²) in [6, 6.07) is 6.79. The number of carbonyl (C=O) groups is 1. The lowest BCUT2D eigenvalue weighted by atomic mass is 10.0. The summed E-state index contributed by atoms with van der Waals surface area (Å²) in [5, 5.41) is 12.9. The van der Waals surface area contributed by atoms with Crippen molar-refractivity contribution in [1.82, 2.24) is 5.32 Å². The van der Waals surface area contributed by atoms with Crippen LogP contribution in [0.5, 0.6) is 5.75 Å². The van der Waals surface area contributed by atoms with Crippen LogP contribution in [0.2, 0.25) is 0 Å². The molecule has 0 saturated heterocycles. The molecule has 1 aromatic heterocycles. The number of benzene rings is 1. The summed E-state index contributed by atoms with van der Waals surface area (Å²) in [5.41, 5.74) is 1.72. The van der Waals surface area contributed by atoms with Gasteiger partial charge in [-0.3, -0.25) is 4.79 Å². The van der Waals surface area contributed by atoms with Crippen molar-refractivity contribution in [3.8, 4) is 5.75 Å². The van der Waals surface area contributed by atoms with Crippen LogP contribution in [0.1, 0.15) is 27.6 Å². The Morgan fingerprint density at radius 2 is 2.16 bits per heavy atom. The molecule has 1 atom stereocenters. The van der Waals surface area contributed by atoms with Gasteiger partial charge >= 0.3 is 0 Å². The summed E-state index contributed by atoms with van der Waals surface area (Å²) in [6.07, 6.45) is 2.16. The molecule has 1 aromatic carbocycles. The van der Waals surface area contributed by atoms with Gasteiger partial charge in [0, 0.05) is 5.56 Å². The maximum atomic E-state index is 11.9. The Hall–Kier alpha value is -2.27. The summed E-state index contributed by atoms with van der Waals surface area (Å²) >= 11 is 0. The highest BCUT2D eigenvalue weighted by atomic mass is 16.5. The molecular formula is C14H13NO4. The van der Waals surface area contributed by atoms with Gasteiger partial charge < -0.3 is 19.6 Å². The molecule has 0 fully saturated rings. The first-order chi connectivity index (χ1) is 9.25. The predicted molar refractivity (Wildman–Crippen MR) is 67.0 cm³/mol. The van der Waals surface area contributed by atoms with Crippen LogP contribution in [0.25, 0.3) is 0 Å². The van der Waals surface area contributed by atoms with E-state index in [9.17, 15) is 9.90 Å². The maximum absolute atomic E-state index is 11.9. The molecule has 19 heavy (non-hydrogen) atoms. The summed E-state index contributed by atoms with van der Waals surface area (Å²) in [5.74, 6) is 0.354. The fraction of sp³-hybridized carbons (Fsp3) is 0.214. The van der Waals surface area contributed by atoms with Crippen molar-refractivity contribution < 1.29 is 19.1 Å². The number of aliphatic hydroxyl groups excluding tert-OH is 1. The van der Waals surface area contributed by atoms with E-state index in [1.807, 2.05) is 0 Å². The maximum Gasteiger partial charge on any atom is 0.255 e. The van der Waals surface area contributed by atoms with E-state index in [1.165, 1.54) is 12.5 Å². The molecule has 1 aliphatic rings. The van der Waals surface area contributed by atoms with Gasteiger partial charge in [0.25, 0.3) is 5.91 Å². The lowest BCUT2D eigenvalue weighted by Crippen LogP contribution is -2.24. The minimum absolute atomic E-state index is 0.186. The van der Waals surface area contributed by atoms with E-state index in [4.69, 9.17) is 9.15 Å². The van der Waals surface area contributed by atoms with Crippen LogP contribution in [0.15, 0.2) is 41.2 Å². The average Bonchev–Trinajstić information content (AvgIpc) is 2.90. The van der Waals surface area contributed by atoms with E-state index >= 15 is 0 Å². The molecule has 0 saturated carbocycles. The van der Waals surface area contributed by atoms with Crippen molar-refractivity contribution in [3.05, 3.63) is 53.5 Å². The number of furan rings is 1. The molecule has 3 rings (SSSR count). The molecule has 5 heteroatoms. The number of aliphatic hydroxyl groups is 1. The second-order valence-electron chi connectivity index (χ2n) is 4.32. The number of rotatable bonds is 2. The number of hydrogen-bond donors (Lipinski definition) is 2. The van der Waals surface area contributed by atoms with Gasteiger partial charge in [-0.25, -0.2) is 0 Å². The number of amides is 1. The molecule has 0 radical (unpaired) electrons. The Bertz CT molecular complexity index is 591. The third-order valence-corrected chi connectivity index (χ3v) is 3.07. The molecule has 0 aliphatic carbocycles. The molecular weight excluding hydrogens is 246 g/mol. The Labute approximate surface area is 109 Å². The van der Waals surface area contributed by atoms with Crippen molar-refractivity contribution >= 4 is 5.91 Å². The minimum Gasteiger partial charge on any atom is -0.491 e. The van der Waals surface area contributed by atoms with Crippen molar-refractivity contribution in [2.24, 2.45) is 0 Å². The topological polar surface area (TPSA) is 71.7 Å². The van der Waals surface area contributed by atoms with Crippen LogP contribution in [-0.2, 0) is 0 Å². The summed E-state index contributed by atoms with van der Waals surface area (Å²) in [4.78, 5) is 11.9. The van der Waals surface area contributed by atoms with Gasteiger partial charge in [-0.1, -0.05) is 6.07 Å². The van der Waals surface area contributed by atoms with Crippen molar-refractivity contribution in [1.29, 1.82) is 0 Å². The molecule has 2 heterocycles. The average molecular weight is 259 g/mol. The summed E-state index contributed by atoms with van der Waals surface area (Å²) < 4.78 is 10.4. The zero-order valence-electron chi connectivity index (χ0n) is 10.1. The number of fused-ring (bicyclic) bond motifs is 1. The van der Waals surface area contributed by atoms with E-state index in [2.05, 4.69) is 5.32 Å². The van der Waals surface area contributed by atoms with E-state index in [1.54, 1.807) is 24.3 Å². The number of nitrogens with one attached hydrogen (secondary N) is 1. The van der Waals surface area contributed by atoms with E-state index < -0.39 is 6.10 Å². The lowest BCUT2D eigenvalue weighted by Gasteiger charge is -2.12. The largest absolute Gasteiger partial charge is 0.491 e. The standard InChI is InChI=1S/C14H13NO4/c16-13(10-3-5-18-8-10)9-1-2-12-11(7-9)14(17)15-4-6-19-12/h1-3,5,7-8,13,16H,4,6H2,(H,15,17). The predicted octanol–water partition coefficient (Wildman–Crippen LogP) is 1.48. The van der Waals surface area contributed by atoms with Gasteiger partial charge in [0.1, 0.15) is 18.5 Å². The van der Waals surface area contributed by atoms with Crippen LogP contribution in [0, 0.1) is 0 Å². The molecule has 0 spiro atoms. The lowest BCUT2D eigenvalue weighted by molar-refractivity contribution is 0.0957. The van der Waals surface area contributed by atoms with Gasteiger partial charge in [-0.05, 0) is 23.8 Å². The van der Waals surface area contributed by atoms with Crippen LogP contribution in [-0.4, -0.2) is 24.2 Å². The first-order valence-corrected chi connectivity index (χ1v) is 6.01. The number of hydrogen-bond acceptors (Lipinski definition) is 4. The molecule has 1 unspecified atom stereocenters. The first kappa shape index (κ1) is 11.8. The van der Waals surface area contributed by atoms with Crippen LogP contribution < -0.4 is 10.1 Å². The highest BCUT2D eigenvalue weighted by molar-refractivity contribution is 5.97. The van der Waals surface area contributed by atoms with Crippen LogP contribution in [0.4, 0.5) is 0 Å². The fourth-order valence-electron chi connectivity index (χ4n) is 2.06. The Morgan fingerprint density at radius 1 is 1.26 bits per heavy atom. The van der Waals surface area contributed by atoms with Gasteiger partial charge in [0.05, 0.1) is 24.6 Å². The zero-order chi connectivity index (χ0) is 13.2. The molecule has 0 bridgehead atoms.